The van der Waals surface area contributed by atoms with Crippen molar-refractivity contribution in [2.75, 3.05) is 0 Å². The molecule has 8 nitrogen and oxygen atoms in total. The van der Waals surface area contributed by atoms with Crippen molar-refractivity contribution < 1.29 is 0 Å². The highest BCUT2D eigenvalue weighted by Gasteiger charge is 2.21. The van der Waals surface area contributed by atoms with Crippen molar-refractivity contribution in [2.45, 2.75) is 17.8 Å². The van der Waals surface area contributed by atoms with Gasteiger partial charge in [0.1, 0.15) is 0 Å². The molecular formula is C25H20N8S. The third-order valence-corrected chi connectivity index (χ3v) is 6.61. The Kier molecular flexibility index (Phi) is 5.15. The fourth-order valence-corrected chi connectivity index (χ4v) is 4.87. The van der Waals surface area contributed by atoms with Crippen LogP contribution in [-0.2, 0) is 5.75 Å². The van der Waals surface area contributed by atoms with E-state index < -0.39 is 0 Å². The summed E-state index contributed by atoms with van der Waals surface area (Å²) in [7, 11) is 0. The number of hydrogen-bond acceptors (Lipinski definition) is 6. The number of benzene rings is 3. The number of aromatic nitrogens is 8. The van der Waals surface area contributed by atoms with Crippen molar-refractivity contribution in [1.82, 2.24) is 40.0 Å². The highest BCUT2D eigenvalue weighted by Crippen LogP contribution is 2.34. The Bertz CT molecular complexity index is 1580. The van der Waals surface area contributed by atoms with Gasteiger partial charge in [-0.2, -0.15) is 4.68 Å². The van der Waals surface area contributed by atoms with Crippen LogP contribution in [0.15, 0.2) is 90.2 Å². The van der Waals surface area contributed by atoms with E-state index in [-0.39, 0.29) is 0 Å². The van der Waals surface area contributed by atoms with Crippen molar-refractivity contribution in [3.05, 3.63) is 96.4 Å². The van der Waals surface area contributed by atoms with E-state index in [0.717, 1.165) is 50.2 Å². The van der Waals surface area contributed by atoms with Crippen LogP contribution in [0.5, 0.6) is 0 Å². The molecule has 3 aromatic heterocycles. The molecule has 0 bridgehead atoms. The van der Waals surface area contributed by atoms with E-state index in [1.54, 1.807) is 16.4 Å². The van der Waals surface area contributed by atoms with E-state index in [1.165, 1.54) is 0 Å². The predicted molar refractivity (Wildman–Crippen MR) is 132 cm³/mol. The summed E-state index contributed by atoms with van der Waals surface area (Å²) < 4.78 is 3.87. The van der Waals surface area contributed by atoms with Gasteiger partial charge < -0.3 is 4.98 Å². The lowest BCUT2D eigenvalue weighted by molar-refractivity contribution is 0.777. The van der Waals surface area contributed by atoms with Gasteiger partial charge in [-0.05, 0) is 47.2 Å². The minimum Gasteiger partial charge on any atom is -0.360 e. The molecule has 34 heavy (non-hydrogen) atoms. The number of tetrazole rings is 1. The first kappa shape index (κ1) is 20.4. The lowest BCUT2D eigenvalue weighted by Crippen LogP contribution is -2.04. The Hall–Kier alpha value is -4.24. The number of nitrogens with zero attached hydrogens (tertiary/aromatic N) is 7. The van der Waals surface area contributed by atoms with Gasteiger partial charge in [0.15, 0.2) is 16.8 Å². The Balaban J connectivity index is 1.42. The highest BCUT2D eigenvalue weighted by molar-refractivity contribution is 7.98. The largest absolute Gasteiger partial charge is 0.360 e. The minimum atomic E-state index is 0.541. The fraction of sp³-hybridized carbons (Fsp3) is 0.0800. The van der Waals surface area contributed by atoms with Gasteiger partial charge in [-0.3, -0.25) is 4.57 Å². The SMILES string of the molecule is Cc1ccccc1-n1c(SCc2nnnn2-c2ccccc2)nnc1-c1c[nH]c2ccccc12. The second-order valence-corrected chi connectivity index (χ2v) is 8.75. The summed E-state index contributed by atoms with van der Waals surface area (Å²) in [6.07, 6.45) is 1.99. The molecule has 0 amide bonds. The van der Waals surface area contributed by atoms with Gasteiger partial charge in [0.05, 0.1) is 17.1 Å². The van der Waals surface area contributed by atoms with Crippen LogP contribution in [0.2, 0.25) is 0 Å². The summed E-state index contributed by atoms with van der Waals surface area (Å²) >= 11 is 1.56. The molecule has 6 aromatic rings. The number of rotatable bonds is 6. The first-order valence-corrected chi connectivity index (χ1v) is 11.8. The Morgan fingerprint density at radius 1 is 0.853 bits per heavy atom. The molecule has 0 aliphatic rings. The van der Waals surface area contributed by atoms with Gasteiger partial charge in [0.25, 0.3) is 0 Å². The summed E-state index contributed by atoms with van der Waals surface area (Å²) in [6, 6.07) is 26.3. The predicted octanol–water partition coefficient (Wildman–Crippen LogP) is 4.99. The Morgan fingerprint density at radius 3 is 2.53 bits per heavy atom. The summed E-state index contributed by atoms with van der Waals surface area (Å²) in [5.74, 6) is 2.07. The normalized spacial score (nSPS) is 11.3. The number of hydrogen-bond donors (Lipinski definition) is 1. The van der Waals surface area contributed by atoms with Crippen molar-refractivity contribution in [2.24, 2.45) is 0 Å². The van der Waals surface area contributed by atoms with Gasteiger partial charge in [-0.1, -0.05) is 66.4 Å². The average molecular weight is 465 g/mol. The maximum atomic E-state index is 4.62. The fourth-order valence-electron chi connectivity index (χ4n) is 4.02. The van der Waals surface area contributed by atoms with Crippen LogP contribution in [-0.4, -0.2) is 40.0 Å². The maximum Gasteiger partial charge on any atom is 0.196 e. The number of para-hydroxylation sites is 3. The van der Waals surface area contributed by atoms with Crippen LogP contribution in [0.25, 0.3) is 33.7 Å². The number of aromatic amines is 1. The zero-order valence-corrected chi connectivity index (χ0v) is 19.1. The van der Waals surface area contributed by atoms with Crippen LogP contribution in [0.4, 0.5) is 0 Å². The van der Waals surface area contributed by atoms with E-state index in [4.69, 9.17) is 0 Å². The molecular weight excluding hydrogens is 444 g/mol. The summed E-state index contributed by atoms with van der Waals surface area (Å²) in [5.41, 5.74) is 5.17. The van der Waals surface area contributed by atoms with Crippen LogP contribution in [0.1, 0.15) is 11.4 Å². The first-order chi connectivity index (χ1) is 16.8. The van der Waals surface area contributed by atoms with Gasteiger partial charge in [0, 0.05) is 22.7 Å². The maximum absolute atomic E-state index is 4.62. The van der Waals surface area contributed by atoms with Crippen molar-refractivity contribution >= 4 is 22.7 Å². The van der Waals surface area contributed by atoms with Crippen LogP contribution in [0.3, 0.4) is 0 Å². The zero-order valence-electron chi connectivity index (χ0n) is 18.3. The van der Waals surface area contributed by atoms with E-state index in [1.807, 2.05) is 60.8 Å². The van der Waals surface area contributed by atoms with Crippen molar-refractivity contribution in [3.63, 3.8) is 0 Å². The second kappa shape index (κ2) is 8.60. The molecule has 0 fully saturated rings. The molecule has 0 aliphatic heterocycles. The van der Waals surface area contributed by atoms with Gasteiger partial charge in [-0.15, -0.1) is 15.3 Å². The smallest absolute Gasteiger partial charge is 0.196 e. The summed E-state index contributed by atoms with van der Waals surface area (Å²) in [4.78, 5) is 3.35. The number of aryl methyl sites for hydroxylation is 1. The van der Waals surface area contributed by atoms with Crippen LogP contribution in [0, 0.1) is 6.92 Å². The van der Waals surface area contributed by atoms with E-state index in [9.17, 15) is 0 Å². The minimum absolute atomic E-state index is 0.541. The quantitative estimate of drug-likeness (QED) is 0.349. The van der Waals surface area contributed by atoms with Crippen LogP contribution < -0.4 is 0 Å². The topological polar surface area (TPSA) is 90.1 Å². The molecule has 0 saturated carbocycles. The third-order valence-electron chi connectivity index (χ3n) is 5.69. The average Bonchev–Trinajstić information content (AvgIpc) is 3.61. The van der Waals surface area contributed by atoms with Crippen LogP contribution >= 0.6 is 11.8 Å². The lowest BCUT2D eigenvalue weighted by atomic mass is 10.1. The Labute approximate surface area is 199 Å². The summed E-state index contributed by atoms with van der Waals surface area (Å²) in [5, 5.41) is 23.4. The molecule has 0 radical (unpaired) electrons. The van der Waals surface area contributed by atoms with Gasteiger partial charge >= 0.3 is 0 Å². The molecule has 0 unspecified atom stereocenters. The zero-order chi connectivity index (χ0) is 22.9. The highest BCUT2D eigenvalue weighted by atomic mass is 32.2. The second-order valence-electron chi connectivity index (χ2n) is 7.81. The number of nitrogens with one attached hydrogen (secondary N) is 1. The van der Waals surface area contributed by atoms with Gasteiger partial charge in [0.2, 0.25) is 0 Å². The van der Waals surface area contributed by atoms with Crippen molar-refractivity contribution in [3.8, 4) is 22.8 Å². The van der Waals surface area contributed by atoms with Crippen molar-refractivity contribution in [1.29, 1.82) is 0 Å². The Morgan fingerprint density at radius 2 is 1.65 bits per heavy atom. The van der Waals surface area contributed by atoms with E-state index in [2.05, 4.69) is 66.5 Å². The molecule has 0 aliphatic carbocycles. The standard InChI is InChI=1S/C25H20N8S/c1-17-9-5-8-14-22(17)32-24(20-15-26-21-13-7-6-12-19(20)21)28-29-25(32)34-16-23-27-30-31-33(23)18-10-3-2-4-11-18/h2-15,26H,16H2,1H3. The first-order valence-electron chi connectivity index (χ1n) is 10.8. The molecule has 9 heteroatoms. The molecule has 0 atom stereocenters. The molecule has 3 aromatic carbocycles. The number of thioether (sulfide) groups is 1. The molecule has 166 valence electrons. The third kappa shape index (κ3) is 3.56. The lowest BCUT2D eigenvalue weighted by Gasteiger charge is -2.12. The molecule has 0 saturated heterocycles. The van der Waals surface area contributed by atoms with E-state index >= 15 is 0 Å². The monoisotopic (exact) mass is 464 g/mol. The summed E-state index contributed by atoms with van der Waals surface area (Å²) in [6.45, 7) is 2.10. The molecule has 0 spiro atoms. The molecule has 6 rings (SSSR count). The molecule has 3 heterocycles. The number of fused-ring (bicyclic) bond motifs is 1. The number of H-pyrrole nitrogens is 1. The molecule has 1 N–H and O–H groups in total. The van der Waals surface area contributed by atoms with E-state index in [0.29, 0.717) is 5.75 Å². The van der Waals surface area contributed by atoms with Gasteiger partial charge in [-0.25, -0.2) is 0 Å².